The van der Waals surface area contributed by atoms with Gasteiger partial charge in [0.2, 0.25) is 5.69 Å². The average Bonchev–Trinajstić information content (AvgIpc) is 2.90. The molecule has 0 radical (unpaired) electrons. The van der Waals surface area contributed by atoms with Crippen LogP contribution in [0.5, 0.6) is 0 Å². The molecule has 236 valence electrons. The third kappa shape index (κ3) is 9.40. The van der Waals surface area contributed by atoms with Crippen molar-refractivity contribution in [3.63, 3.8) is 0 Å². The van der Waals surface area contributed by atoms with Crippen LogP contribution in [0.25, 0.3) is 4.85 Å². The molecule has 2 amide bonds. The zero-order chi connectivity index (χ0) is 33.0. The molecule has 0 fully saturated rings. The molecule has 0 aliphatic rings. The second-order valence-corrected chi connectivity index (χ2v) is 24.0. The van der Waals surface area contributed by atoms with Gasteiger partial charge in [-0.05, 0) is 79.4 Å². The molecule has 0 spiro atoms. The van der Waals surface area contributed by atoms with E-state index in [0.717, 1.165) is 5.56 Å². The molecular weight excluding hydrogens is 596 g/mol. The Labute approximate surface area is 265 Å². The maximum absolute atomic E-state index is 13.5. The predicted octanol–water partition coefficient (Wildman–Crippen LogP) is 8.37. The number of hydrogen-bond donors (Lipinski definition) is 3. The molecule has 2 atom stereocenters. The number of nitrogens with one attached hydrogen (secondary N) is 3. The topological polar surface area (TPSA) is 93.1 Å². The normalized spacial score (nSPS) is 14.0. The van der Waals surface area contributed by atoms with Crippen molar-refractivity contribution in [1.82, 2.24) is 10.9 Å². The minimum absolute atomic E-state index is 0.0745. The van der Waals surface area contributed by atoms with Crippen molar-refractivity contribution in [2.24, 2.45) is 0 Å². The fourth-order valence-electron chi connectivity index (χ4n) is 3.69. The van der Waals surface area contributed by atoms with E-state index in [0.29, 0.717) is 34.1 Å². The van der Waals surface area contributed by atoms with Crippen molar-refractivity contribution in [3.8, 4) is 0 Å². The quantitative estimate of drug-likeness (QED) is 0.137. The smallest absolute Gasteiger partial charge is 0.269 e. The predicted molar refractivity (Wildman–Crippen MR) is 182 cm³/mol. The van der Waals surface area contributed by atoms with Crippen molar-refractivity contribution in [1.29, 1.82) is 0 Å². The van der Waals surface area contributed by atoms with Crippen LogP contribution in [0, 0.1) is 13.5 Å². The third-order valence-corrected chi connectivity index (χ3v) is 18.3. The van der Waals surface area contributed by atoms with E-state index in [4.69, 9.17) is 27.0 Å². The summed E-state index contributed by atoms with van der Waals surface area (Å²) in [6.45, 7) is 33.1. The van der Waals surface area contributed by atoms with Gasteiger partial charge in [-0.15, -0.1) is 0 Å². The Morgan fingerprint density at radius 3 is 2.00 bits per heavy atom. The van der Waals surface area contributed by atoms with E-state index < -0.39 is 40.6 Å². The molecule has 0 unspecified atom stereocenters. The maximum atomic E-state index is 13.5. The number of carbonyl (C=O) groups excluding carboxylic acids is 2. The van der Waals surface area contributed by atoms with E-state index in [2.05, 4.69) is 88.7 Å². The first-order chi connectivity index (χ1) is 19.6. The minimum atomic E-state index is -2.25. The van der Waals surface area contributed by atoms with Crippen LogP contribution >= 0.6 is 11.6 Å². The highest BCUT2D eigenvalue weighted by Crippen LogP contribution is 2.39. The molecule has 0 aromatic heterocycles. The number of rotatable bonds is 10. The standard InChI is InChI=1S/C32H49ClN4O4Si2/c1-21-25(18-19-26(34-9)27(21)33)35-28(22(2)41-43(12,13)32(6,7)8)30(39)37-36-29(38)24-16-14-23(15-17-24)20-40-42(10,11)31(3,4)5/h14-19,22,28,35H,20H2,1-8,10-13H3,(H,36,38)(H,37,39)/t22-,28+/m0/s1. The van der Waals surface area contributed by atoms with Crippen LogP contribution in [0.3, 0.4) is 0 Å². The Hall–Kier alpha value is -2.69. The lowest BCUT2D eigenvalue weighted by Crippen LogP contribution is -2.55. The van der Waals surface area contributed by atoms with E-state index in [1.165, 1.54) is 0 Å². The number of hydrogen-bond acceptors (Lipinski definition) is 5. The maximum Gasteiger partial charge on any atom is 0.269 e. The Bertz CT molecular complexity index is 1340. The van der Waals surface area contributed by atoms with Crippen molar-refractivity contribution in [3.05, 3.63) is 69.5 Å². The molecule has 2 aromatic rings. The van der Waals surface area contributed by atoms with Gasteiger partial charge < -0.3 is 14.2 Å². The molecule has 0 aliphatic heterocycles. The molecule has 0 aliphatic carbocycles. The zero-order valence-electron chi connectivity index (χ0n) is 27.8. The largest absolute Gasteiger partial charge is 0.413 e. The van der Waals surface area contributed by atoms with Gasteiger partial charge in [0.1, 0.15) is 6.04 Å². The number of halogens is 1. The summed E-state index contributed by atoms with van der Waals surface area (Å²) < 4.78 is 12.8. The minimum Gasteiger partial charge on any atom is -0.413 e. The first kappa shape index (κ1) is 36.5. The first-order valence-electron chi connectivity index (χ1n) is 14.6. The fourth-order valence-corrected chi connectivity index (χ4v) is 6.27. The Morgan fingerprint density at radius 2 is 1.49 bits per heavy atom. The summed E-state index contributed by atoms with van der Waals surface area (Å²) in [5.74, 6) is -0.911. The summed E-state index contributed by atoms with van der Waals surface area (Å²) in [6.07, 6.45) is -0.545. The van der Waals surface area contributed by atoms with Crippen LogP contribution in [0.15, 0.2) is 36.4 Å². The molecule has 0 heterocycles. The first-order valence-corrected chi connectivity index (χ1v) is 20.7. The number of hydrazine groups is 1. The number of nitrogens with zero attached hydrogens (tertiary/aromatic N) is 1. The third-order valence-electron chi connectivity index (χ3n) is 8.76. The van der Waals surface area contributed by atoms with Gasteiger partial charge in [0.15, 0.2) is 16.6 Å². The lowest BCUT2D eigenvalue weighted by atomic mass is 10.1. The van der Waals surface area contributed by atoms with Crippen LogP contribution in [0.4, 0.5) is 11.4 Å². The summed E-state index contributed by atoms with van der Waals surface area (Å²) in [4.78, 5) is 29.9. The van der Waals surface area contributed by atoms with Gasteiger partial charge in [-0.1, -0.05) is 71.3 Å². The van der Waals surface area contributed by atoms with E-state index >= 15 is 0 Å². The van der Waals surface area contributed by atoms with Crippen LogP contribution < -0.4 is 16.2 Å². The number of carbonyl (C=O) groups is 2. The van der Waals surface area contributed by atoms with Gasteiger partial charge in [0, 0.05) is 11.3 Å². The van der Waals surface area contributed by atoms with Gasteiger partial charge >= 0.3 is 0 Å². The second-order valence-electron chi connectivity index (χ2n) is 14.1. The van der Waals surface area contributed by atoms with E-state index in [-0.39, 0.29) is 10.1 Å². The highest BCUT2D eigenvalue weighted by atomic mass is 35.5. The number of benzene rings is 2. The van der Waals surface area contributed by atoms with E-state index in [1.54, 1.807) is 31.2 Å². The van der Waals surface area contributed by atoms with Crippen molar-refractivity contribution < 1.29 is 18.4 Å². The average molecular weight is 645 g/mol. The highest BCUT2D eigenvalue weighted by molar-refractivity contribution is 6.74. The molecule has 0 saturated carbocycles. The molecule has 0 saturated heterocycles. The zero-order valence-corrected chi connectivity index (χ0v) is 30.5. The van der Waals surface area contributed by atoms with Crippen LogP contribution in [-0.2, 0) is 20.3 Å². The van der Waals surface area contributed by atoms with Gasteiger partial charge in [0.25, 0.3) is 11.8 Å². The molecule has 11 heteroatoms. The number of anilines is 1. The van der Waals surface area contributed by atoms with E-state index in [9.17, 15) is 9.59 Å². The molecular formula is C32H49ClN4O4Si2. The molecule has 3 N–H and O–H groups in total. The summed E-state index contributed by atoms with van der Waals surface area (Å²) in [7, 11) is -4.14. The lowest BCUT2D eigenvalue weighted by molar-refractivity contribution is -0.124. The summed E-state index contributed by atoms with van der Waals surface area (Å²) in [6, 6.07) is 9.64. The van der Waals surface area contributed by atoms with E-state index in [1.807, 2.05) is 19.1 Å². The van der Waals surface area contributed by atoms with Crippen LogP contribution in [0.1, 0.15) is 70.0 Å². The molecule has 8 nitrogen and oxygen atoms in total. The van der Waals surface area contributed by atoms with Crippen LogP contribution in [0.2, 0.25) is 41.3 Å². The molecule has 2 aromatic carbocycles. The number of amides is 2. The SMILES string of the molecule is [C-]#[N+]c1ccc(N[C@@H](C(=O)NNC(=O)c2ccc(CO[Si](C)(C)C(C)(C)C)cc2)[C@H](C)O[Si](C)(C)C(C)(C)C)c(C)c1Cl. The van der Waals surface area contributed by atoms with Crippen molar-refractivity contribution >= 4 is 51.4 Å². The summed E-state index contributed by atoms with van der Waals surface area (Å²) >= 11 is 6.41. The Kier molecular flexibility index (Phi) is 11.8. The monoisotopic (exact) mass is 644 g/mol. The Morgan fingerprint density at radius 1 is 0.930 bits per heavy atom. The van der Waals surface area contributed by atoms with Gasteiger partial charge in [-0.2, -0.15) is 0 Å². The van der Waals surface area contributed by atoms with Crippen molar-refractivity contribution in [2.45, 2.75) is 110 Å². The van der Waals surface area contributed by atoms with Crippen LogP contribution in [-0.4, -0.2) is 40.6 Å². The second kappa shape index (κ2) is 14.0. The van der Waals surface area contributed by atoms with Gasteiger partial charge in [0.05, 0.1) is 24.3 Å². The lowest BCUT2D eigenvalue weighted by Gasteiger charge is -2.40. The van der Waals surface area contributed by atoms with Crippen molar-refractivity contribution in [2.75, 3.05) is 5.32 Å². The van der Waals surface area contributed by atoms with Gasteiger partial charge in [-0.3, -0.25) is 20.4 Å². The molecule has 0 bridgehead atoms. The summed E-state index contributed by atoms with van der Waals surface area (Å²) in [5.41, 5.74) is 8.08. The van der Waals surface area contributed by atoms with Gasteiger partial charge in [-0.25, -0.2) is 4.85 Å². The fraction of sp³-hybridized carbons (Fsp3) is 0.531. The molecule has 2 rings (SSSR count). The summed E-state index contributed by atoms with van der Waals surface area (Å²) in [5, 5.41) is 3.61. The Balaban J connectivity index is 2.19. The highest BCUT2D eigenvalue weighted by Gasteiger charge is 2.41. The molecule has 43 heavy (non-hydrogen) atoms.